The molecule has 1 rings (SSSR count). The highest BCUT2D eigenvalue weighted by atomic mass is 127. The maximum Gasteiger partial charge on any atom is 0.146 e. The Morgan fingerprint density at radius 3 is 2.21 bits per heavy atom. The van der Waals surface area contributed by atoms with E-state index in [1.807, 2.05) is 12.1 Å². The lowest BCUT2D eigenvalue weighted by Crippen LogP contribution is -2.01. The fourth-order valence-corrected chi connectivity index (χ4v) is 3.90. The molecule has 0 atom stereocenters. The van der Waals surface area contributed by atoms with Crippen molar-refractivity contribution in [3.63, 3.8) is 0 Å². The molecular weight excluding hydrogens is 464 g/mol. The number of nitriles is 1. The Balaban J connectivity index is 2.36. The van der Waals surface area contributed by atoms with Gasteiger partial charge in [0.25, 0.3) is 0 Å². The molecule has 0 aliphatic carbocycles. The van der Waals surface area contributed by atoms with E-state index in [0.29, 0.717) is 5.56 Å². The van der Waals surface area contributed by atoms with Crippen LogP contribution in [0.5, 0.6) is 5.75 Å². The van der Waals surface area contributed by atoms with Crippen LogP contribution in [0.15, 0.2) is 12.1 Å². The minimum absolute atomic E-state index is 0.695. The maximum atomic E-state index is 8.90. The van der Waals surface area contributed by atoms with Gasteiger partial charge >= 0.3 is 0 Å². The van der Waals surface area contributed by atoms with Crippen LogP contribution < -0.4 is 4.74 Å². The molecule has 1 aromatic rings. The number of rotatable bonds is 8. The lowest BCUT2D eigenvalue weighted by molar-refractivity contribution is 0.300. The van der Waals surface area contributed by atoms with E-state index >= 15 is 0 Å². The Bertz CT molecular complexity index is 417. The number of hydrogen-bond acceptors (Lipinski definition) is 2. The van der Waals surface area contributed by atoms with Gasteiger partial charge in [0.15, 0.2) is 0 Å². The van der Waals surface area contributed by atoms with Gasteiger partial charge in [0.05, 0.1) is 25.4 Å². The van der Waals surface area contributed by atoms with Gasteiger partial charge in [0, 0.05) is 0 Å². The van der Waals surface area contributed by atoms with Crippen molar-refractivity contribution in [1.29, 1.82) is 5.26 Å². The second-order valence-electron chi connectivity index (χ2n) is 4.50. The van der Waals surface area contributed by atoms with E-state index in [0.717, 1.165) is 25.9 Å². The predicted octanol–water partition coefficient (Wildman–Crippen LogP) is 5.51. The Labute approximate surface area is 143 Å². The standard InChI is InChI=1S/C15H19I2NO/c1-2-3-4-5-6-7-8-19-15-13(16)9-12(11-18)10-14(15)17/h9-10H,2-8H2,1H3. The molecule has 4 heteroatoms. The zero-order valence-electron chi connectivity index (χ0n) is 11.2. The van der Waals surface area contributed by atoms with Crippen LogP contribution >= 0.6 is 45.2 Å². The summed E-state index contributed by atoms with van der Waals surface area (Å²) in [5.41, 5.74) is 0.695. The summed E-state index contributed by atoms with van der Waals surface area (Å²) >= 11 is 4.47. The summed E-state index contributed by atoms with van der Waals surface area (Å²) in [6, 6.07) is 5.92. The molecule has 19 heavy (non-hydrogen) atoms. The van der Waals surface area contributed by atoms with Crippen LogP contribution in [0.2, 0.25) is 0 Å². The van der Waals surface area contributed by atoms with Gasteiger partial charge < -0.3 is 4.74 Å². The summed E-state index contributed by atoms with van der Waals surface area (Å²) in [5.74, 6) is 0.925. The highest BCUT2D eigenvalue weighted by molar-refractivity contribution is 14.1. The number of ether oxygens (including phenoxy) is 1. The maximum absolute atomic E-state index is 8.90. The van der Waals surface area contributed by atoms with Gasteiger partial charge in [0.2, 0.25) is 0 Å². The summed E-state index contributed by atoms with van der Waals surface area (Å²) in [6.07, 6.45) is 7.62. The molecule has 0 N–H and O–H groups in total. The largest absolute Gasteiger partial charge is 0.491 e. The Morgan fingerprint density at radius 1 is 1.05 bits per heavy atom. The summed E-state index contributed by atoms with van der Waals surface area (Å²) in [7, 11) is 0. The van der Waals surface area contributed by atoms with Crippen molar-refractivity contribution in [3.8, 4) is 11.8 Å². The molecular formula is C15H19I2NO. The van der Waals surface area contributed by atoms with Crippen molar-refractivity contribution in [1.82, 2.24) is 0 Å². The van der Waals surface area contributed by atoms with E-state index < -0.39 is 0 Å². The summed E-state index contributed by atoms with van der Waals surface area (Å²) < 4.78 is 7.89. The minimum atomic E-state index is 0.695. The molecule has 0 heterocycles. The van der Waals surface area contributed by atoms with Gasteiger partial charge in [-0.05, 0) is 63.7 Å². The normalized spacial score (nSPS) is 10.2. The highest BCUT2D eigenvalue weighted by Gasteiger charge is 2.08. The van der Waals surface area contributed by atoms with Gasteiger partial charge in [-0.2, -0.15) is 5.26 Å². The van der Waals surface area contributed by atoms with Gasteiger partial charge in [-0.25, -0.2) is 0 Å². The molecule has 1 aromatic carbocycles. The van der Waals surface area contributed by atoms with E-state index in [1.54, 1.807) is 0 Å². The smallest absolute Gasteiger partial charge is 0.146 e. The van der Waals surface area contributed by atoms with Crippen LogP contribution in [0.4, 0.5) is 0 Å². The van der Waals surface area contributed by atoms with Gasteiger partial charge in [-0.1, -0.05) is 39.0 Å². The molecule has 0 aliphatic heterocycles. The summed E-state index contributed by atoms with van der Waals surface area (Å²) in [6.45, 7) is 3.00. The highest BCUT2D eigenvalue weighted by Crippen LogP contribution is 2.29. The number of hydrogen-bond donors (Lipinski definition) is 0. The molecule has 0 bridgehead atoms. The van der Waals surface area contributed by atoms with Crippen LogP contribution in [-0.2, 0) is 0 Å². The molecule has 0 unspecified atom stereocenters. The molecule has 0 aliphatic rings. The molecule has 0 aromatic heterocycles. The quantitative estimate of drug-likeness (QED) is 0.361. The average molecular weight is 483 g/mol. The predicted molar refractivity (Wildman–Crippen MR) is 95.5 cm³/mol. The first kappa shape index (κ1) is 17.0. The Morgan fingerprint density at radius 2 is 1.63 bits per heavy atom. The van der Waals surface area contributed by atoms with E-state index in [9.17, 15) is 0 Å². The summed E-state index contributed by atoms with van der Waals surface area (Å²) in [5, 5.41) is 8.90. The number of halogens is 2. The lowest BCUT2D eigenvalue weighted by Gasteiger charge is -2.10. The third-order valence-electron chi connectivity index (χ3n) is 2.87. The molecule has 104 valence electrons. The second-order valence-corrected chi connectivity index (χ2v) is 6.82. The van der Waals surface area contributed by atoms with E-state index in [1.165, 1.54) is 32.1 Å². The first-order chi connectivity index (χ1) is 9.19. The van der Waals surface area contributed by atoms with Gasteiger partial charge in [-0.15, -0.1) is 0 Å². The van der Waals surface area contributed by atoms with Crippen molar-refractivity contribution < 1.29 is 4.74 Å². The van der Waals surface area contributed by atoms with Gasteiger partial charge in [-0.3, -0.25) is 0 Å². The molecule has 0 saturated heterocycles. The SMILES string of the molecule is CCCCCCCCOc1c(I)cc(C#N)cc1I. The molecule has 0 radical (unpaired) electrons. The van der Waals surface area contributed by atoms with Crippen molar-refractivity contribution in [2.45, 2.75) is 45.4 Å². The van der Waals surface area contributed by atoms with Crippen LogP contribution in [-0.4, -0.2) is 6.61 Å². The number of benzene rings is 1. The Hall–Kier alpha value is -0.0300. The molecule has 0 amide bonds. The average Bonchev–Trinajstić information content (AvgIpc) is 2.40. The fourth-order valence-electron chi connectivity index (χ4n) is 1.82. The third kappa shape index (κ3) is 6.30. The van der Waals surface area contributed by atoms with Gasteiger partial charge in [0.1, 0.15) is 5.75 Å². The van der Waals surface area contributed by atoms with Crippen LogP contribution in [0, 0.1) is 18.5 Å². The first-order valence-electron chi connectivity index (χ1n) is 6.71. The van der Waals surface area contributed by atoms with Crippen LogP contribution in [0.1, 0.15) is 51.0 Å². The third-order valence-corrected chi connectivity index (χ3v) is 4.47. The zero-order chi connectivity index (χ0) is 14.1. The second kappa shape index (κ2) is 9.81. The molecule has 0 spiro atoms. The fraction of sp³-hybridized carbons (Fsp3) is 0.533. The molecule has 0 fully saturated rings. The van der Waals surface area contributed by atoms with E-state index in [4.69, 9.17) is 10.00 Å². The summed E-state index contributed by atoms with van der Waals surface area (Å²) in [4.78, 5) is 0. The van der Waals surface area contributed by atoms with E-state index in [-0.39, 0.29) is 0 Å². The molecule has 0 saturated carbocycles. The zero-order valence-corrected chi connectivity index (χ0v) is 15.5. The number of nitrogens with zero attached hydrogens (tertiary/aromatic N) is 1. The van der Waals surface area contributed by atoms with Crippen molar-refractivity contribution in [3.05, 3.63) is 24.8 Å². The number of unbranched alkanes of at least 4 members (excludes halogenated alkanes) is 5. The lowest BCUT2D eigenvalue weighted by atomic mass is 10.1. The topological polar surface area (TPSA) is 33.0 Å². The van der Waals surface area contributed by atoms with Crippen molar-refractivity contribution >= 4 is 45.2 Å². The first-order valence-corrected chi connectivity index (χ1v) is 8.86. The van der Waals surface area contributed by atoms with E-state index in [2.05, 4.69) is 58.2 Å². The van der Waals surface area contributed by atoms with Crippen LogP contribution in [0.3, 0.4) is 0 Å². The van der Waals surface area contributed by atoms with Crippen molar-refractivity contribution in [2.24, 2.45) is 0 Å². The molecule has 2 nitrogen and oxygen atoms in total. The van der Waals surface area contributed by atoms with Crippen LogP contribution in [0.25, 0.3) is 0 Å². The van der Waals surface area contributed by atoms with Crippen molar-refractivity contribution in [2.75, 3.05) is 6.61 Å². The monoisotopic (exact) mass is 483 g/mol. The Kier molecular flexibility index (Phi) is 8.79. The minimum Gasteiger partial charge on any atom is -0.491 e.